The first-order valence-corrected chi connectivity index (χ1v) is 9.43. The van der Waals surface area contributed by atoms with E-state index >= 15 is 0 Å². The molecular weight excluding hydrogens is 343 g/mol. The topological polar surface area (TPSA) is 65.6 Å². The predicted octanol–water partition coefficient (Wildman–Crippen LogP) is 2.36. The van der Waals surface area contributed by atoms with Crippen LogP contribution in [-0.2, 0) is 22.4 Å². The normalized spacial score (nSPS) is 18.4. The fraction of sp³-hybridized carbons (Fsp3) is 0.550. The monoisotopic (exact) mass is 372 g/mol. The fourth-order valence-electron chi connectivity index (χ4n) is 3.12. The number of aromatic nitrogens is 2. The minimum Gasteiger partial charge on any atom is -0.493 e. The van der Waals surface area contributed by atoms with Gasteiger partial charge in [0.15, 0.2) is 0 Å². The van der Waals surface area contributed by atoms with Gasteiger partial charge in [-0.1, -0.05) is 38.1 Å². The second-order valence-electron chi connectivity index (χ2n) is 8.73. The number of imidazole rings is 1. The Labute approximate surface area is 160 Å². The Morgan fingerprint density at radius 2 is 1.63 bits per heavy atom. The van der Waals surface area contributed by atoms with Gasteiger partial charge in [0.25, 0.3) is 0 Å². The van der Waals surface area contributed by atoms with Crippen molar-refractivity contribution >= 4 is 12.6 Å². The van der Waals surface area contributed by atoms with E-state index in [0.717, 1.165) is 11.0 Å². The summed E-state index contributed by atoms with van der Waals surface area (Å²) in [6.07, 6.45) is 1.49. The third-order valence-electron chi connectivity index (χ3n) is 5.43. The molecule has 1 N–H and O–H groups in total. The second-order valence-corrected chi connectivity index (χ2v) is 8.73. The van der Waals surface area contributed by atoms with E-state index < -0.39 is 7.12 Å². The minimum atomic E-state index is -0.400. The molecule has 1 fully saturated rings. The average molecular weight is 372 g/mol. The quantitative estimate of drug-likeness (QED) is 0.819. The summed E-state index contributed by atoms with van der Waals surface area (Å²) in [5, 5.41) is 10.0. The van der Waals surface area contributed by atoms with Gasteiger partial charge >= 0.3 is 12.8 Å². The van der Waals surface area contributed by atoms with Gasteiger partial charge in [0.05, 0.1) is 23.9 Å². The largest absolute Gasteiger partial charge is 0.494 e. The molecule has 1 aromatic heterocycles. The molecule has 0 amide bonds. The third-order valence-corrected chi connectivity index (χ3v) is 5.43. The van der Waals surface area contributed by atoms with E-state index in [2.05, 4.69) is 0 Å². The predicted molar refractivity (Wildman–Crippen MR) is 106 cm³/mol. The van der Waals surface area contributed by atoms with E-state index in [-0.39, 0.29) is 28.7 Å². The van der Waals surface area contributed by atoms with Crippen molar-refractivity contribution in [3.8, 4) is 5.88 Å². The van der Waals surface area contributed by atoms with Crippen LogP contribution in [0, 0.1) is 5.92 Å². The molecule has 146 valence electrons. The lowest BCUT2D eigenvalue weighted by Gasteiger charge is -2.32. The van der Waals surface area contributed by atoms with Crippen LogP contribution < -0.4 is 11.2 Å². The lowest BCUT2D eigenvalue weighted by molar-refractivity contribution is 0.00578. The molecule has 1 saturated heterocycles. The number of benzene rings is 1. The summed E-state index contributed by atoms with van der Waals surface area (Å²) in [6.45, 7) is 13.0. The summed E-state index contributed by atoms with van der Waals surface area (Å²) in [5.74, 6) is 0.284. The van der Waals surface area contributed by atoms with Gasteiger partial charge in [-0.25, -0.2) is 4.79 Å². The first-order chi connectivity index (χ1) is 12.5. The highest BCUT2D eigenvalue weighted by molar-refractivity contribution is 6.62. The van der Waals surface area contributed by atoms with Crippen molar-refractivity contribution in [2.45, 2.75) is 65.8 Å². The van der Waals surface area contributed by atoms with Crippen LogP contribution in [0.4, 0.5) is 0 Å². The highest BCUT2D eigenvalue weighted by Crippen LogP contribution is 2.36. The molecule has 2 aromatic rings. The summed E-state index contributed by atoms with van der Waals surface area (Å²) in [4.78, 5) is 12.5. The summed E-state index contributed by atoms with van der Waals surface area (Å²) < 4.78 is 15.1. The van der Waals surface area contributed by atoms with Crippen LogP contribution in [0.15, 0.2) is 35.3 Å². The van der Waals surface area contributed by atoms with Gasteiger partial charge in [-0.15, -0.1) is 0 Å². The van der Waals surface area contributed by atoms with Crippen LogP contribution in [0.2, 0.25) is 0 Å². The van der Waals surface area contributed by atoms with Crippen LogP contribution in [0.3, 0.4) is 0 Å². The van der Waals surface area contributed by atoms with Gasteiger partial charge in [0, 0.05) is 6.54 Å². The van der Waals surface area contributed by atoms with Gasteiger partial charge in [-0.05, 0) is 44.6 Å². The SMILES string of the molecule is CC(C)Cn1c(O)cn(Cc2ccc(B3OC(C)(C)C(C)(C)O3)cc2)c1=O. The fourth-order valence-corrected chi connectivity index (χ4v) is 3.12. The molecule has 1 aliphatic rings. The van der Waals surface area contributed by atoms with Crippen molar-refractivity contribution in [3.05, 3.63) is 46.5 Å². The maximum absolute atomic E-state index is 12.5. The Morgan fingerprint density at radius 1 is 1.07 bits per heavy atom. The number of rotatable bonds is 5. The summed E-state index contributed by atoms with van der Waals surface area (Å²) in [6, 6.07) is 7.86. The lowest BCUT2D eigenvalue weighted by atomic mass is 9.79. The molecule has 2 heterocycles. The number of hydrogen-bond acceptors (Lipinski definition) is 4. The zero-order valence-corrected chi connectivity index (χ0v) is 17.0. The van der Waals surface area contributed by atoms with Crippen LogP contribution in [-0.4, -0.2) is 32.6 Å². The number of aromatic hydroxyl groups is 1. The molecule has 3 rings (SSSR count). The van der Waals surface area contributed by atoms with Crippen molar-refractivity contribution in [1.29, 1.82) is 0 Å². The van der Waals surface area contributed by atoms with Gasteiger partial charge < -0.3 is 14.4 Å². The molecule has 0 radical (unpaired) electrons. The van der Waals surface area contributed by atoms with E-state index in [9.17, 15) is 9.90 Å². The maximum atomic E-state index is 12.5. The van der Waals surface area contributed by atoms with Crippen LogP contribution in [0.25, 0.3) is 0 Å². The van der Waals surface area contributed by atoms with Gasteiger partial charge in [0.1, 0.15) is 0 Å². The molecule has 0 spiro atoms. The molecule has 0 atom stereocenters. The number of nitrogens with zero attached hydrogens (tertiary/aromatic N) is 2. The van der Waals surface area contributed by atoms with Crippen molar-refractivity contribution in [2.75, 3.05) is 0 Å². The van der Waals surface area contributed by atoms with Crippen molar-refractivity contribution in [2.24, 2.45) is 5.92 Å². The highest BCUT2D eigenvalue weighted by Gasteiger charge is 2.51. The zero-order chi connectivity index (χ0) is 20.0. The molecule has 0 saturated carbocycles. The summed E-state index contributed by atoms with van der Waals surface area (Å²) >= 11 is 0. The first kappa shape index (κ1) is 19.8. The van der Waals surface area contributed by atoms with E-state index in [4.69, 9.17) is 9.31 Å². The second kappa shape index (κ2) is 6.87. The van der Waals surface area contributed by atoms with Crippen LogP contribution >= 0.6 is 0 Å². The summed E-state index contributed by atoms with van der Waals surface area (Å²) in [5.41, 5.74) is 0.973. The molecule has 6 nitrogen and oxygen atoms in total. The smallest absolute Gasteiger partial charge is 0.493 e. The Morgan fingerprint density at radius 3 is 2.15 bits per heavy atom. The minimum absolute atomic E-state index is 0.00235. The van der Waals surface area contributed by atoms with E-state index in [1.54, 1.807) is 0 Å². The maximum Gasteiger partial charge on any atom is 0.494 e. The number of hydrogen-bond donors (Lipinski definition) is 1. The summed E-state index contributed by atoms with van der Waals surface area (Å²) in [7, 11) is -0.400. The Balaban J connectivity index is 1.75. The molecule has 0 unspecified atom stereocenters. The van der Waals surface area contributed by atoms with E-state index in [0.29, 0.717) is 13.1 Å². The van der Waals surface area contributed by atoms with Gasteiger partial charge in [-0.3, -0.25) is 9.13 Å². The Hall–Kier alpha value is -1.99. The zero-order valence-electron chi connectivity index (χ0n) is 17.0. The molecule has 7 heteroatoms. The van der Waals surface area contributed by atoms with Gasteiger partial charge in [-0.2, -0.15) is 0 Å². The Kier molecular flexibility index (Phi) is 5.03. The van der Waals surface area contributed by atoms with Gasteiger partial charge in [0.2, 0.25) is 5.88 Å². The molecule has 1 aliphatic heterocycles. The molecule has 1 aromatic carbocycles. The Bertz CT molecular complexity index is 849. The molecule has 27 heavy (non-hydrogen) atoms. The lowest BCUT2D eigenvalue weighted by Crippen LogP contribution is -2.41. The van der Waals surface area contributed by atoms with Crippen molar-refractivity contribution in [1.82, 2.24) is 9.13 Å². The first-order valence-electron chi connectivity index (χ1n) is 9.43. The highest BCUT2D eigenvalue weighted by atomic mass is 16.7. The van der Waals surface area contributed by atoms with E-state index in [1.165, 1.54) is 15.3 Å². The van der Waals surface area contributed by atoms with Crippen molar-refractivity contribution < 1.29 is 14.4 Å². The van der Waals surface area contributed by atoms with Crippen molar-refractivity contribution in [3.63, 3.8) is 0 Å². The molecule has 0 bridgehead atoms. The molecule has 0 aliphatic carbocycles. The van der Waals surface area contributed by atoms with E-state index in [1.807, 2.05) is 65.8 Å². The molecular formula is C20H29BN2O4. The van der Waals surface area contributed by atoms with Crippen LogP contribution in [0.5, 0.6) is 5.88 Å². The third kappa shape index (κ3) is 3.85. The average Bonchev–Trinajstić information content (AvgIpc) is 2.94. The standard InChI is InChI=1S/C20H29BN2O4/c1-14(2)11-23-17(24)13-22(18(23)25)12-15-7-9-16(10-8-15)21-26-19(3,4)20(5,6)27-21/h7-10,13-14,24H,11-12H2,1-6H3. The van der Waals surface area contributed by atoms with Crippen LogP contribution in [0.1, 0.15) is 47.1 Å².